The summed E-state index contributed by atoms with van der Waals surface area (Å²) < 4.78 is 37.7. The van der Waals surface area contributed by atoms with Gasteiger partial charge in [0.15, 0.2) is 0 Å². The highest BCUT2D eigenvalue weighted by molar-refractivity contribution is 5.91. The Morgan fingerprint density at radius 3 is 2.16 bits per heavy atom. The van der Waals surface area contributed by atoms with Gasteiger partial charge in [-0.05, 0) is 99.2 Å². The summed E-state index contributed by atoms with van der Waals surface area (Å²) in [5, 5.41) is 0. The van der Waals surface area contributed by atoms with Crippen LogP contribution >= 0.6 is 0 Å². The van der Waals surface area contributed by atoms with E-state index < -0.39 is 18.1 Å². The molecule has 10 heteroatoms. The van der Waals surface area contributed by atoms with Gasteiger partial charge < -0.3 is 33.2 Å². The van der Waals surface area contributed by atoms with Crippen LogP contribution in [0.2, 0.25) is 0 Å². The van der Waals surface area contributed by atoms with Crippen molar-refractivity contribution in [2.75, 3.05) is 46.2 Å². The van der Waals surface area contributed by atoms with E-state index in [0.717, 1.165) is 57.6 Å². The Balaban J connectivity index is 1.06. The van der Waals surface area contributed by atoms with Gasteiger partial charge in [0, 0.05) is 19.3 Å². The average molecular weight is 625 g/mol. The Labute approximate surface area is 264 Å². The molecule has 0 amide bonds. The first-order valence-corrected chi connectivity index (χ1v) is 15.8. The van der Waals surface area contributed by atoms with Crippen LogP contribution in [0.3, 0.4) is 0 Å². The van der Waals surface area contributed by atoms with Crippen LogP contribution in [-0.4, -0.2) is 70.4 Å². The molecule has 0 bridgehead atoms. The number of carbonyl (C=O) groups is 3. The predicted molar refractivity (Wildman–Crippen MR) is 166 cm³/mol. The Bertz CT molecular complexity index is 1190. The summed E-state index contributed by atoms with van der Waals surface area (Å²) in [5.74, 6) is 0.900. The molecule has 1 aliphatic heterocycles. The van der Waals surface area contributed by atoms with Crippen molar-refractivity contribution in [2.45, 2.75) is 63.4 Å². The number of hydrogen-bond donors (Lipinski definition) is 0. The highest BCUT2D eigenvalue weighted by Gasteiger charge is 2.23. The second kappa shape index (κ2) is 18.8. The largest absolute Gasteiger partial charge is 0.508 e. The number of cyclic esters (lactones) is 2. The number of unbranched alkanes of at least 4 members (excludes halogenated alkanes) is 2. The molecule has 0 spiro atoms. The molecule has 1 saturated heterocycles. The Morgan fingerprint density at radius 1 is 0.800 bits per heavy atom. The first-order valence-electron chi connectivity index (χ1n) is 15.8. The molecule has 2 aliphatic rings. The van der Waals surface area contributed by atoms with Crippen LogP contribution in [0.15, 0.2) is 61.2 Å². The number of hydrogen-bond acceptors (Lipinski definition) is 10. The summed E-state index contributed by atoms with van der Waals surface area (Å²) in [4.78, 5) is 34.6. The van der Waals surface area contributed by atoms with E-state index in [1.54, 1.807) is 24.3 Å². The molecule has 2 fully saturated rings. The van der Waals surface area contributed by atoms with Crippen LogP contribution in [0, 0.1) is 5.92 Å². The van der Waals surface area contributed by atoms with Crippen molar-refractivity contribution in [1.29, 1.82) is 0 Å². The molecular weight excluding hydrogens is 580 g/mol. The van der Waals surface area contributed by atoms with Crippen LogP contribution in [0.1, 0.15) is 73.2 Å². The first-order chi connectivity index (χ1) is 22.0. The summed E-state index contributed by atoms with van der Waals surface area (Å²) in [6, 6.07) is 14.7. The van der Waals surface area contributed by atoms with Crippen molar-refractivity contribution >= 4 is 18.1 Å². The summed E-state index contributed by atoms with van der Waals surface area (Å²) in [5.41, 5.74) is 1.70. The molecular formula is C35H44O10. The second-order valence-electron chi connectivity index (χ2n) is 11.3. The smallest absolute Gasteiger partial charge is 0.494 e. The van der Waals surface area contributed by atoms with Crippen molar-refractivity contribution in [3.05, 3.63) is 72.3 Å². The van der Waals surface area contributed by atoms with Crippen molar-refractivity contribution < 1.29 is 47.5 Å². The van der Waals surface area contributed by atoms with Crippen LogP contribution in [0.5, 0.6) is 11.5 Å². The van der Waals surface area contributed by atoms with Crippen LogP contribution in [0.4, 0.5) is 4.79 Å². The molecule has 0 unspecified atom stereocenters. The van der Waals surface area contributed by atoms with Gasteiger partial charge in [-0.1, -0.05) is 18.7 Å². The molecule has 2 aromatic carbocycles. The predicted octanol–water partition coefficient (Wildman–Crippen LogP) is 6.42. The molecule has 244 valence electrons. The summed E-state index contributed by atoms with van der Waals surface area (Å²) in [6.07, 6.45) is 8.34. The normalized spacial score (nSPS) is 18.4. The molecule has 0 aromatic heterocycles. The average Bonchev–Trinajstić information content (AvgIpc) is 3.07. The van der Waals surface area contributed by atoms with Gasteiger partial charge in [0.1, 0.15) is 24.7 Å². The molecule has 2 aromatic rings. The van der Waals surface area contributed by atoms with Crippen LogP contribution < -0.4 is 9.47 Å². The molecule has 45 heavy (non-hydrogen) atoms. The van der Waals surface area contributed by atoms with Crippen molar-refractivity contribution in [1.82, 2.24) is 0 Å². The van der Waals surface area contributed by atoms with E-state index in [9.17, 15) is 14.4 Å². The quantitative estimate of drug-likeness (QED) is 0.0797. The second-order valence-corrected chi connectivity index (χ2v) is 11.3. The summed E-state index contributed by atoms with van der Waals surface area (Å²) in [7, 11) is 0. The van der Waals surface area contributed by atoms with E-state index in [2.05, 4.69) is 6.58 Å². The molecule has 1 heterocycles. The third kappa shape index (κ3) is 12.2. The number of ether oxygens (including phenoxy) is 7. The van der Waals surface area contributed by atoms with Crippen LogP contribution in [-0.2, 0) is 28.5 Å². The fourth-order valence-electron chi connectivity index (χ4n) is 5.21. The maximum atomic E-state index is 12.6. The zero-order valence-corrected chi connectivity index (χ0v) is 25.8. The molecule has 0 N–H and O–H groups in total. The van der Waals surface area contributed by atoms with Gasteiger partial charge in [-0.15, -0.1) is 0 Å². The minimum absolute atomic E-state index is 0.108. The van der Waals surface area contributed by atoms with Crippen LogP contribution in [0.25, 0.3) is 0 Å². The van der Waals surface area contributed by atoms with E-state index in [-0.39, 0.29) is 5.92 Å². The molecule has 4 rings (SSSR count). The zero-order chi connectivity index (χ0) is 31.7. The lowest BCUT2D eigenvalue weighted by atomic mass is 9.83. The zero-order valence-electron chi connectivity index (χ0n) is 25.8. The van der Waals surface area contributed by atoms with E-state index in [4.69, 9.17) is 33.2 Å². The molecule has 0 atom stereocenters. The maximum Gasteiger partial charge on any atom is 0.508 e. The third-order valence-corrected chi connectivity index (χ3v) is 7.81. The van der Waals surface area contributed by atoms with E-state index in [1.165, 1.54) is 5.56 Å². The Morgan fingerprint density at radius 2 is 1.44 bits per heavy atom. The highest BCUT2D eigenvalue weighted by Crippen LogP contribution is 2.35. The van der Waals surface area contributed by atoms with Gasteiger partial charge in [-0.2, -0.15) is 0 Å². The number of rotatable bonds is 18. The highest BCUT2D eigenvalue weighted by atomic mass is 16.7. The molecule has 1 aliphatic carbocycles. The minimum Gasteiger partial charge on any atom is -0.494 e. The monoisotopic (exact) mass is 624 g/mol. The van der Waals surface area contributed by atoms with E-state index in [0.29, 0.717) is 75.1 Å². The lowest BCUT2D eigenvalue weighted by molar-refractivity contribution is -0.137. The molecule has 10 nitrogen and oxygen atoms in total. The van der Waals surface area contributed by atoms with Gasteiger partial charge in [0.05, 0.1) is 37.4 Å². The van der Waals surface area contributed by atoms with Gasteiger partial charge in [0.25, 0.3) is 0 Å². The molecule has 1 saturated carbocycles. The molecule has 0 radical (unpaired) electrons. The summed E-state index contributed by atoms with van der Waals surface area (Å²) in [6.45, 7) is 6.81. The lowest BCUT2D eigenvalue weighted by Crippen LogP contribution is -2.30. The topological polar surface area (TPSA) is 116 Å². The number of esters is 2. The first kappa shape index (κ1) is 34.0. The summed E-state index contributed by atoms with van der Waals surface area (Å²) >= 11 is 0. The van der Waals surface area contributed by atoms with Crippen molar-refractivity contribution in [3.63, 3.8) is 0 Å². The standard InChI is InChI=1S/C35H44O10/c1-2-33(36)42-22-6-5-21-41-31-15-11-29(12-16-31)34(37)45-32-17-9-28(10-18-32)27-7-13-30(14-8-27)40-20-4-3-19-39-23-26-24-43-35(38)44-25-26/h2,9-12,15-18,26-27,30H,1,3-8,13-14,19-25H2. The van der Waals surface area contributed by atoms with Gasteiger partial charge in [-0.25, -0.2) is 14.4 Å². The fraction of sp³-hybridized carbons (Fsp3) is 0.514. The number of carbonyl (C=O) groups excluding carboxylic acids is 3. The SMILES string of the molecule is C=CC(=O)OCCCCOc1ccc(C(=O)Oc2ccc(C3CCC(OCCCCOCC4COC(=O)OC4)CC3)cc2)cc1. The fourth-order valence-corrected chi connectivity index (χ4v) is 5.21. The van der Waals surface area contributed by atoms with Gasteiger partial charge in [-0.3, -0.25) is 0 Å². The van der Waals surface area contributed by atoms with E-state index >= 15 is 0 Å². The maximum absolute atomic E-state index is 12.6. The lowest BCUT2D eigenvalue weighted by Gasteiger charge is -2.29. The van der Waals surface area contributed by atoms with E-state index in [1.807, 2.05) is 24.3 Å². The van der Waals surface area contributed by atoms with Gasteiger partial charge in [0.2, 0.25) is 0 Å². The Kier molecular flexibility index (Phi) is 14.2. The number of benzene rings is 2. The van der Waals surface area contributed by atoms with Gasteiger partial charge >= 0.3 is 18.1 Å². The third-order valence-electron chi connectivity index (χ3n) is 7.81. The Hall–Kier alpha value is -3.89. The minimum atomic E-state index is -0.600. The van der Waals surface area contributed by atoms with Crippen molar-refractivity contribution in [2.24, 2.45) is 5.92 Å². The van der Waals surface area contributed by atoms with Crippen molar-refractivity contribution in [3.8, 4) is 11.5 Å².